The molecule has 0 amide bonds. The first-order valence-corrected chi connectivity index (χ1v) is 9.12. The van der Waals surface area contributed by atoms with Crippen LogP contribution >= 0.6 is 15.9 Å². The highest BCUT2D eigenvalue weighted by Gasteiger charge is 2.14. The van der Waals surface area contributed by atoms with Gasteiger partial charge in [-0.2, -0.15) is 0 Å². The number of quaternary nitrogens is 1. The summed E-state index contributed by atoms with van der Waals surface area (Å²) in [5.41, 5.74) is 2.07. The van der Waals surface area contributed by atoms with E-state index in [1.165, 1.54) is 6.07 Å². The van der Waals surface area contributed by atoms with Crippen LogP contribution in [-0.4, -0.2) is 13.2 Å². The predicted molar refractivity (Wildman–Crippen MR) is 101 cm³/mol. The Kier molecular flexibility index (Phi) is 7.47. The van der Waals surface area contributed by atoms with Crippen LogP contribution < -0.4 is 14.8 Å². The summed E-state index contributed by atoms with van der Waals surface area (Å²) >= 11 is 3.56. The summed E-state index contributed by atoms with van der Waals surface area (Å²) in [6.07, 6.45) is 1.70. The van der Waals surface area contributed by atoms with Gasteiger partial charge in [-0.3, -0.25) is 0 Å². The number of benzene rings is 2. The predicted octanol–water partition coefficient (Wildman–Crippen LogP) is 4.38. The second-order valence-corrected chi connectivity index (χ2v) is 6.58. The molecule has 134 valence electrons. The lowest BCUT2D eigenvalue weighted by molar-refractivity contribution is -0.708. The monoisotopic (exact) mass is 408 g/mol. The Labute approximate surface area is 157 Å². The molecule has 0 aliphatic carbocycles. The SMILES string of the molecule is C=CCOc1c(Br)cc(C[NH2+][C@@H](C)c2cccc(F)c2)cc1OCC. The number of hydrogen-bond donors (Lipinski definition) is 1. The number of nitrogens with two attached hydrogens (primary N) is 1. The molecule has 0 saturated carbocycles. The molecule has 2 rings (SSSR count). The van der Waals surface area contributed by atoms with E-state index in [1.54, 1.807) is 18.2 Å². The lowest BCUT2D eigenvalue weighted by Gasteiger charge is -2.16. The standard InChI is InChI=1S/C20H23BrFNO2/c1-4-9-25-20-18(21)10-15(11-19(20)24-5-2)13-23-14(3)16-7-6-8-17(22)12-16/h4,6-8,10-12,14,23H,1,5,9,13H2,2-3H3/p+1/t14-/m0/s1. The van der Waals surface area contributed by atoms with E-state index in [4.69, 9.17) is 9.47 Å². The highest BCUT2D eigenvalue weighted by molar-refractivity contribution is 9.10. The fourth-order valence-electron chi connectivity index (χ4n) is 2.52. The van der Waals surface area contributed by atoms with Crippen molar-refractivity contribution in [1.29, 1.82) is 0 Å². The molecule has 0 unspecified atom stereocenters. The first-order valence-electron chi connectivity index (χ1n) is 8.32. The summed E-state index contributed by atoms with van der Waals surface area (Å²) in [7, 11) is 0. The first-order chi connectivity index (χ1) is 12.0. The Bertz CT molecular complexity index is 721. The molecule has 0 heterocycles. The molecule has 2 aromatic carbocycles. The lowest BCUT2D eigenvalue weighted by atomic mass is 10.1. The van der Waals surface area contributed by atoms with Gasteiger partial charge in [-0.25, -0.2) is 4.39 Å². The Balaban J connectivity index is 2.12. The maximum Gasteiger partial charge on any atom is 0.175 e. The Morgan fingerprint density at radius 2 is 2.08 bits per heavy atom. The summed E-state index contributed by atoms with van der Waals surface area (Å²) in [5, 5.41) is 2.16. The maximum atomic E-state index is 13.4. The quantitative estimate of drug-likeness (QED) is 0.624. The number of ether oxygens (including phenoxy) is 2. The molecule has 0 aliphatic rings. The van der Waals surface area contributed by atoms with Crippen molar-refractivity contribution in [2.45, 2.75) is 26.4 Å². The molecule has 2 aromatic rings. The van der Waals surface area contributed by atoms with Crippen molar-refractivity contribution in [3.63, 3.8) is 0 Å². The van der Waals surface area contributed by atoms with Crippen LogP contribution in [0.4, 0.5) is 4.39 Å². The van der Waals surface area contributed by atoms with Gasteiger partial charge in [0.15, 0.2) is 11.5 Å². The second-order valence-electron chi connectivity index (χ2n) is 5.72. The fraction of sp³-hybridized carbons (Fsp3) is 0.300. The van der Waals surface area contributed by atoms with Gasteiger partial charge < -0.3 is 14.8 Å². The molecular weight excluding hydrogens is 385 g/mol. The van der Waals surface area contributed by atoms with Crippen LogP contribution in [0.3, 0.4) is 0 Å². The van der Waals surface area contributed by atoms with Crippen molar-refractivity contribution in [2.24, 2.45) is 0 Å². The van der Waals surface area contributed by atoms with Gasteiger partial charge in [-0.15, -0.1) is 0 Å². The van der Waals surface area contributed by atoms with E-state index < -0.39 is 0 Å². The fourth-order valence-corrected chi connectivity index (χ4v) is 3.13. The Morgan fingerprint density at radius 1 is 1.28 bits per heavy atom. The maximum absolute atomic E-state index is 13.4. The summed E-state index contributed by atoms with van der Waals surface area (Å²) in [4.78, 5) is 0. The minimum absolute atomic E-state index is 0.154. The van der Waals surface area contributed by atoms with E-state index in [0.717, 1.165) is 22.1 Å². The third-order valence-corrected chi connectivity index (χ3v) is 4.39. The molecule has 0 radical (unpaired) electrons. The molecule has 0 aliphatic heterocycles. The smallest absolute Gasteiger partial charge is 0.175 e. The van der Waals surface area contributed by atoms with Crippen LogP contribution in [0.5, 0.6) is 11.5 Å². The molecule has 1 atom stereocenters. The van der Waals surface area contributed by atoms with Crippen molar-refractivity contribution < 1.29 is 19.2 Å². The van der Waals surface area contributed by atoms with E-state index >= 15 is 0 Å². The van der Waals surface area contributed by atoms with Gasteiger partial charge in [0.05, 0.1) is 11.1 Å². The van der Waals surface area contributed by atoms with Crippen molar-refractivity contribution >= 4 is 15.9 Å². The Hall–Kier alpha value is -1.85. The van der Waals surface area contributed by atoms with Crippen LogP contribution in [0.2, 0.25) is 0 Å². The van der Waals surface area contributed by atoms with E-state index in [0.29, 0.717) is 24.7 Å². The number of halogens is 2. The minimum atomic E-state index is -0.206. The van der Waals surface area contributed by atoms with Crippen LogP contribution in [0.1, 0.15) is 31.0 Å². The van der Waals surface area contributed by atoms with Gasteiger partial charge in [0.2, 0.25) is 0 Å². The van der Waals surface area contributed by atoms with E-state index in [1.807, 2.05) is 25.1 Å². The minimum Gasteiger partial charge on any atom is -0.490 e. The highest BCUT2D eigenvalue weighted by Crippen LogP contribution is 2.36. The van der Waals surface area contributed by atoms with E-state index in [-0.39, 0.29) is 11.9 Å². The molecule has 0 saturated heterocycles. The summed E-state index contributed by atoms with van der Waals surface area (Å²) in [6.45, 7) is 9.40. The number of hydrogen-bond acceptors (Lipinski definition) is 2. The summed E-state index contributed by atoms with van der Waals surface area (Å²) < 4.78 is 25.6. The zero-order valence-electron chi connectivity index (χ0n) is 14.6. The van der Waals surface area contributed by atoms with Crippen LogP contribution in [0, 0.1) is 5.82 Å². The summed E-state index contributed by atoms with van der Waals surface area (Å²) in [5.74, 6) is 1.19. The molecular formula is C20H24BrFNO2+. The molecule has 0 spiro atoms. The molecule has 25 heavy (non-hydrogen) atoms. The van der Waals surface area contributed by atoms with Gasteiger partial charge in [-0.05, 0) is 54.0 Å². The average molecular weight is 409 g/mol. The van der Waals surface area contributed by atoms with Gasteiger partial charge in [0.1, 0.15) is 25.0 Å². The lowest BCUT2D eigenvalue weighted by Crippen LogP contribution is -2.83. The zero-order chi connectivity index (χ0) is 18.2. The Morgan fingerprint density at radius 3 is 2.76 bits per heavy atom. The zero-order valence-corrected chi connectivity index (χ0v) is 16.2. The molecule has 3 nitrogen and oxygen atoms in total. The van der Waals surface area contributed by atoms with Crippen molar-refractivity contribution in [3.8, 4) is 11.5 Å². The van der Waals surface area contributed by atoms with Crippen molar-refractivity contribution in [2.75, 3.05) is 13.2 Å². The van der Waals surface area contributed by atoms with Gasteiger partial charge >= 0.3 is 0 Å². The van der Waals surface area contributed by atoms with Crippen LogP contribution in [0.15, 0.2) is 53.5 Å². The molecule has 0 fully saturated rings. The van der Waals surface area contributed by atoms with Crippen LogP contribution in [-0.2, 0) is 6.54 Å². The molecule has 0 bridgehead atoms. The van der Waals surface area contributed by atoms with E-state index in [2.05, 4.69) is 34.7 Å². The average Bonchev–Trinajstić information content (AvgIpc) is 2.59. The largest absolute Gasteiger partial charge is 0.490 e. The topological polar surface area (TPSA) is 35.1 Å². The molecule has 5 heteroatoms. The van der Waals surface area contributed by atoms with Crippen LogP contribution in [0.25, 0.3) is 0 Å². The first kappa shape index (κ1) is 19.5. The highest BCUT2D eigenvalue weighted by atomic mass is 79.9. The molecule has 2 N–H and O–H groups in total. The van der Waals surface area contributed by atoms with Gasteiger partial charge in [-0.1, -0.05) is 24.8 Å². The third-order valence-electron chi connectivity index (χ3n) is 3.80. The molecule has 0 aromatic heterocycles. The number of rotatable bonds is 9. The summed E-state index contributed by atoms with van der Waals surface area (Å²) in [6, 6.07) is 10.9. The third kappa shape index (κ3) is 5.58. The van der Waals surface area contributed by atoms with Crippen molar-refractivity contribution in [3.05, 3.63) is 70.5 Å². The van der Waals surface area contributed by atoms with Gasteiger partial charge in [0.25, 0.3) is 0 Å². The van der Waals surface area contributed by atoms with Crippen molar-refractivity contribution in [1.82, 2.24) is 0 Å². The normalized spacial score (nSPS) is 11.8. The second kappa shape index (κ2) is 9.59. The van der Waals surface area contributed by atoms with Gasteiger partial charge in [0, 0.05) is 11.1 Å². The van der Waals surface area contributed by atoms with E-state index in [9.17, 15) is 4.39 Å².